The van der Waals surface area contributed by atoms with Crippen molar-refractivity contribution >= 4 is 5.91 Å². The highest BCUT2D eigenvalue weighted by molar-refractivity contribution is 5.76. The molecule has 0 N–H and O–H groups in total. The first kappa shape index (κ1) is 18.5. The van der Waals surface area contributed by atoms with E-state index >= 15 is 0 Å². The number of pyridine rings is 1. The summed E-state index contributed by atoms with van der Waals surface area (Å²) in [4.78, 5) is 22.8. The van der Waals surface area contributed by atoms with Gasteiger partial charge in [-0.1, -0.05) is 5.16 Å². The summed E-state index contributed by atoms with van der Waals surface area (Å²) in [6.07, 6.45) is 5.15. The van der Waals surface area contributed by atoms with Crippen molar-refractivity contribution in [3.8, 4) is 11.3 Å². The van der Waals surface area contributed by atoms with Crippen LogP contribution < -0.4 is 0 Å². The number of nitrogens with zero attached hydrogens (tertiary/aromatic N) is 5. The van der Waals surface area contributed by atoms with Crippen LogP contribution in [0.25, 0.3) is 11.3 Å². The summed E-state index contributed by atoms with van der Waals surface area (Å²) >= 11 is 0. The van der Waals surface area contributed by atoms with Gasteiger partial charge in [-0.2, -0.15) is 0 Å². The Morgan fingerprint density at radius 3 is 2.96 bits per heavy atom. The van der Waals surface area contributed by atoms with E-state index in [-0.39, 0.29) is 5.91 Å². The lowest BCUT2D eigenvalue weighted by atomic mass is 10.2. The molecule has 1 saturated heterocycles. The van der Waals surface area contributed by atoms with Gasteiger partial charge in [-0.3, -0.25) is 9.78 Å². The van der Waals surface area contributed by atoms with Crippen molar-refractivity contribution in [2.24, 2.45) is 0 Å². The van der Waals surface area contributed by atoms with Crippen LogP contribution in [0.3, 0.4) is 0 Å². The highest BCUT2D eigenvalue weighted by atomic mass is 16.5. The van der Waals surface area contributed by atoms with E-state index in [1.54, 1.807) is 24.3 Å². The molecule has 1 amide bonds. The van der Waals surface area contributed by atoms with E-state index in [1.807, 2.05) is 18.2 Å². The quantitative estimate of drug-likeness (QED) is 0.752. The smallest absolute Gasteiger partial charge is 0.224 e. The molecule has 7 nitrogen and oxygen atoms in total. The van der Waals surface area contributed by atoms with Gasteiger partial charge in [0.1, 0.15) is 5.69 Å². The summed E-state index contributed by atoms with van der Waals surface area (Å²) in [5, 5.41) is 4.07. The van der Waals surface area contributed by atoms with Crippen LogP contribution in [0.1, 0.15) is 18.6 Å². The highest BCUT2D eigenvalue weighted by Gasteiger charge is 2.23. The molecule has 0 saturated carbocycles. The fraction of sp³-hybridized carbons (Fsp3) is 0.526. The van der Waals surface area contributed by atoms with Gasteiger partial charge in [0, 0.05) is 56.6 Å². The lowest BCUT2D eigenvalue weighted by Crippen LogP contribution is -2.37. The fourth-order valence-electron chi connectivity index (χ4n) is 3.28. The van der Waals surface area contributed by atoms with Gasteiger partial charge >= 0.3 is 0 Å². The lowest BCUT2D eigenvalue weighted by molar-refractivity contribution is -0.131. The topological polar surface area (TPSA) is 65.7 Å². The Bertz CT molecular complexity index is 718. The Morgan fingerprint density at radius 1 is 1.42 bits per heavy atom. The van der Waals surface area contributed by atoms with Crippen LogP contribution in [0.2, 0.25) is 0 Å². The predicted octanol–water partition coefficient (Wildman–Crippen LogP) is 1.72. The molecular weight excluding hydrogens is 330 g/mol. The van der Waals surface area contributed by atoms with Crippen LogP contribution in [0.15, 0.2) is 35.1 Å². The number of hydrogen-bond acceptors (Lipinski definition) is 6. The molecule has 1 atom stereocenters. The van der Waals surface area contributed by atoms with Gasteiger partial charge < -0.3 is 19.2 Å². The monoisotopic (exact) mass is 357 g/mol. The van der Waals surface area contributed by atoms with Gasteiger partial charge in [0.05, 0.1) is 6.54 Å². The zero-order valence-corrected chi connectivity index (χ0v) is 15.8. The molecule has 3 rings (SSSR count). The second kappa shape index (κ2) is 8.42. The highest BCUT2D eigenvalue weighted by Crippen LogP contribution is 2.18. The zero-order valence-electron chi connectivity index (χ0n) is 15.8. The Labute approximate surface area is 154 Å². The first-order valence-corrected chi connectivity index (χ1v) is 9.01. The molecule has 1 aliphatic rings. The van der Waals surface area contributed by atoms with Crippen molar-refractivity contribution in [3.05, 3.63) is 36.4 Å². The molecule has 3 heterocycles. The van der Waals surface area contributed by atoms with E-state index in [4.69, 9.17) is 4.52 Å². The first-order chi connectivity index (χ1) is 12.5. The summed E-state index contributed by atoms with van der Waals surface area (Å²) in [6, 6.07) is 6.20. The average molecular weight is 357 g/mol. The summed E-state index contributed by atoms with van der Waals surface area (Å²) in [6.45, 7) is 3.41. The number of hydrogen-bond donors (Lipinski definition) is 0. The van der Waals surface area contributed by atoms with Crippen molar-refractivity contribution in [3.63, 3.8) is 0 Å². The summed E-state index contributed by atoms with van der Waals surface area (Å²) in [5.74, 6) is 0.785. The van der Waals surface area contributed by atoms with Gasteiger partial charge in [-0.15, -0.1) is 0 Å². The molecule has 0 spiro atoms. The van der Waals surface area contributed by atoms with Crippen molar-refractivity contribution in [2.75, 3.05) is 40.8 Å². The number of amides is 1. The molecule has 140 valence electrons. The summed E-state index contributed by atoms with van der Waals surface area (Å²) in [7, 11) is 6.05. The van der Waals surface area contributed by atoms with E-state index in [9.17, 15) is 4.79 Å². The van der Waals surface area contributed by atoms with Gasteiger partial charge in [-0.25, -0.2) is 0 Å². The average Bonchev–Trinajstić information content (AvgIpc) is 3.29. The van der Waals surface area contributed by atoms with Gasteiger partial charge in [0.2, 0.25) is 5.91 Å². The van der Waals surface area contributed by atoms with Crippen LogP contribution in [-0.2, 0) is 11.3 Å². The van der Waals surface area contributed by atoms with Crippen molar-refractivity contribution < 1.29 is 9.32 Å². The number of likely N-dealkylation sites (N-methyl/N-ethyl adjacent to an activating group) is 2. The number of likely N-dealkylation sites (tertiary alicyclic amines) is 1. The summed E-state index contributed by atoms with van der Waals surface area (Å²) in [5.41, 5.74) is 1.64. The van der Waals surface area contributed by atoms with E-state index in [0.717, 1.165) is 30.9 Å². The molecule has 1 aliphatic heterocycles. The third kappa shape index (κ3) is 4.68. The van der Waals surface area contributed by atoms with E-state index < -0.39 is 0 Å². The Hall–Kier alpha value is -2.25. The van der Waals surface area contributed by atoms with E-state index in [1.165, 1.54) is 6.42 Å². The second-order valence-electron chi connectivity index (χ2n) is 7.11. The molecule has 2 aromatic rings. The van der Waals surface area contributed by atoms with Gasteiger partial charge in [0.25, 0.3) is 0 Å². The minimum absolute atomic E-state index is 0.113. The third-order valence-corrected chi connectivity index (χ3v) is 5.00. The van der Waals surface area contributed by atoms with Crippen LogP contribution in [0, 0.1) is 0 Å². The molecule has 0 bridgehead atoms. The molecule has 0 aromatic carbocycles. The minimum Gasteiger partial charge on any atom is -0.359 e. The molecule has 0 aliphatic carbocycles. The van der Waals surface area contributed by atoms with Gasteiger partial charge in [-0.05, 0) is 39.2 Å². The van der Waals surface area contributed by atoms with Crippen LogP contribution in [-0.4, -0.2) is 77.6 Å². The number of carbonyl (C=O) groups is 1. The minimum atomic E-state index is 0.113. The second-order valence-corrected chi connectivity index (χ2v) is 7.11. The maximum atomic E-state index is 12.4. The first-order valence-electron chi connectivity index (χ1n) is 9.01. The van der Waals surface area contributed by atoms with Crippen molar-refractivity contribution in [1.29, 1.82) is 0 Å². The number of aromatic nitrogens is 2. The normalized spacial score (nSPS) is 17.8. The molecule has 7 heteroatoms. The van der Waals surface area contributed by atoms with Crippen LogP contribution in [0.5, 0.6) is 0 Å². The Kier molecular flexibility index (Phi) is 6.00. The SMILES string of the molecule is CN1CC[C@H](N(C)CCC(=O)N(C)Cc2cc(-c3cccnc3)no2)C1. The zero-order chi connectivity index (χ0) is 18.5. The standard InChI is InChI=1S/C19H27N5O2/c1-22-9-6-16(13-22)23(2)10-7-19(25)24(3)14-17-11-18(21-26-17)15-5-4-8-20-12-15/h4-5,8,11-12,16H,6-7,9-10,13-14H2,1-3H3/t16-/m0/s1. The fourth-order valence-corrected chi connectivity index (χ4v) is 3.28. The number of rotatable bonds is 7. The van der Waals surface area contributed by atoms with E-state index in [2.05, 4.69) is 34.0 Å². The third-order valence-electron chi connectivity index (χ3n) is 5.00. The Morgan fingerprint density at radius 2 is 2.27 bits per heavy atom. The maximum Gasteiger partial charge on any atom is 0.224 e. The van der Waals surface area contributed by atoms with Crippen LogP contribution in [0.4, 0.5) is 0 Å². The molecule has 2 aromatic heterocycles. The molecule has 0 radical (unpaired) electrons. The molecule has 26 heavy (non-hydrogen) atoms. The van der Waals surface area contributed by atoms with Crippen molar-refractivity contribution in [1.82, 2.24) is 24.8 Å². The van der Waals surface area contributed by atoms with E-state index in [0.29, 0.717) is 24.8 Å². The van der Waals surface area contributed by atoms with Crippen LogP contribution >= 0.6 is 0 Å². The largest absolute Gasteiger partial charge is 0.359 e. The predicted molar refractivity (Wildman–Crippen MR) is 99.4 cm³/mol. The molecular formula is C19H27N5O2. The lowest BCUT2D eigenvalue weighted by Gasteiger charge is -2.25. The van der Waals surface area contributed by atoms with Crippen molar-refractivity contribution in [2.45, 2.75) is 25.4 Å². The Balaban J connectivity index is 1.48. The number of carbonyl (C=O) groups excluding carboxylic acids is 1. The molecule has 0 unspecified atom stereocenters. The molecule has 1 fully saturated rings. The van der Waals surface area contributed by atoms with Gasteiger partial charge in [0.15, 0.2) is 5.76 Å². The maximum absolute atomic E-state index is 12.4. The summed E-state index contributed by atoms with van der Waals surface area (Å²) < 4.78 is 5.37.